The van der Waals surface area contributed by atoms with Crippen LogP contribution in [0.3, 0.4) is 0 Å². The summed E-state index contributed by atoms with van der Waals surface area (Å²) in [5.41, 5.74) is 5.67. The average molecular weight is 294 g/mol. The van der Waals surface area contributed by atoms with Crippen LogP contribution in [0.4, 0.5) is 5.82 Å². The molecule has 116 valence electrons. The van der Waals surface area contributed by atoms with E-state index in [4.69, 9.17) is 5.73 Å². The number of carbonyl (C=O) groups is 2. The van der Waals surface area contributed by atoms with Gasteiger partial charge in [-0.25, -0.2) is 4.98 Å². The smallest absolute Gasteiger partial charge is 0.239 e. The van der Waals surface area contributed by atoms with Crippen molar-refractivity contribution in [3.8, 4) is 0 Å². The quantitative estimate of drug-likeness (QED) is 0.461. The molecule has 21 heavy (non-hydrogen) atoms. The number of aromatic nitrogens is 2. The minimum atomic E-state index is -0.601. The molecular formula is C13H22N6O2. The lowest BCUT2D eigenvalue weighted by molar-refractivity contribution is -0.127. The lowest BCUT2D eigenvalue weighted by Gasteiger charge is -2.15. The third-order valence-corrected chi connectivity index (χ3v) is 2.76. The highest BCUT2D eigenvalue weighted by Crippen LogP contribution is 1.97. The van der Waals surface area contributed by atoms with Crippen LogP contribution < -0.4 is 21.7 Å². The summed E-state index contributed by atoms with van der Waals surface area (Å²) in [4.78, 5) is 31.0. The summed E-state index contributed by atoms with van der Waals surface area (Å²) in [6.45, 7) is 4.56. The van der Waals surface area contributed by atoms with E-state index >= 15 is 0 Å². The maximum atomic E-state index is 11.6. The molecule has 0 saturated carbocycles. The fraction of sp³-hybridized carbons (Fsp3) is 0.538. The van der Waals surface area contributed by atoms with Crippen molar-refractivity contribution in [1.29, 1.82) is 0 Å². The molecule has 0 unspecified atom stereocenters. The highest BCUT2D eigenvalue weighted by Gasteiger charge is 2.17. The van der Waals surface area contributed by atoms with Crippen molar-refractivity contribution >= 4 is 17.6 Å². The number of carbonyl (C=O) groups excluding carboxylic acids is 2. The Morgan fingerprint density at radius 2 is 2.00 bits per heavy atom. The Balaban J connectivity index is 2.13. The van der Waals surface area contributed by atoms with Crippen molar-refractivity contribution in [2.24, 2.45) is 11.7 Å². The molecule has 8 nitrogen and oxygen atoms in total. The molecule has 1 aromatic rings. The Labute approximate surface area is 123 Å². The number of nitrogens with one attached hydrogen (secondary N) is 3. The summed E-state index contributed by atoms with van der Waals surface area (Å²) >= 11 is 0. The lowest BCUT2D eigenvalue weighted by atomic mass is 10.1. The van der Waals surface area contributed by atoms with Crippen LogP contribution in [-0.2, 0) is 9.59 Å². The second kappa shape index (κ2) is 8.85. The Morgan fingerprint density at radius 3 is 2.62 bits per heavy atom. The molecule has 0 radical (unpaired) electrons. The van der Waals surface area contributed by atoms with Gasteiger partial charge in [-0.1, -0.05) is 13.8 Å². The molecule has 1 heterocycles. The maximum absolute atomic E-state index is 11.6. The van der Waals surface area contributed by atoms with Gasteiger partial charge < -0.3 is 21.7 Å². The number of nitrogens with two attached hydrogens (primary N) is 1. The first-order valence-electron chi connectivity index (χ1n) is 6.80. The van der Waals surface area contributed by atoms with Crippen molar-refractivity contribution in [1.82, 2.24) is 20.6 Å². The normalized spacial score (nSPS) is 11.8. The number of rotatable bonds is 8. The van der Waals surface area contributed by atoms with Crippen LogP contribution in [0.15, 0.2) is 18.6 Å². The Morgan fingerprint density at radius 1 is 1.24 bits per heavy atom. The zero-order valence-corrected chi connectivity index (χ0v) is 12.3. The molecule has 2 amide bonds. The molecule has 0 saturated heterocycles. The van der Waals surface area contributed by atoms with E-state index in [1.807, 2.05) is 13.8 Å². The first-order valence-corrected chi connectivity index (χ1v) is 6.80. The van der Waals surface area contributed by atoms with Crippen LogP contribution in [0, 0.1) is 5.92 Å². The highest BCUT2D eigenvalue weighted by atomic mass is 16.2. The van der Waals surface area contributed by atoms with E-state index in [2.05, 4.69) is 25.9 Å². The van der Waals surface area contributed by atoms with E-state index in [0.29, 0.717) is 18.9 Å². The van der Waals surface area contributed by atoms with Gasteiger partial charge in [-0.15, -0.1) is 0 Å². The van der Waals surface area contributed by atoms with E-state index in [1.165, 1.54) is 0 Å². The van der Waals surface area contributed by atoms with Gasteiger partial charge >= 0.3 is 0 Å². The summed E-state index contributed by atoms with van der Waals surface area (Å²) < 4.78 is 0. The SMILES string of the molecule is CC(C)[C@H](N)C(=O)NCC(=O)NCCNc1cnccn1. The third kappa shape index (κ3) is 6.66. The Kier molecular flexibility index (Phi) is 7.10. The topological polar surface area (TPSA) is 122 Å². The van der Waals surface area contributed by atoms with Gasteiger partial charge in [0.25, 0.3) is 0 Å². The minimum Gasteiger partial charge on any atom is -0.367 e. The number of anilines is 1. The van der Waals surface area contributed by atoms with Gasteiger partial charge in [0.2, 0.25) is 11.8 Å². The molecule has 1 rings (SSSR count). The van der Waals surface area contributed by atoms with Crippen molar-refractivity contribution < 1.29 is 9.59 Å². The molecule has 1 atom stereocenters. The second-order valence-corrected chi connectivity index (χ2v) is 4.85. The number of amides is 2. The van der Waals surface area contributed by atoms with Crippen LogP contribution in [0.1, 0.15) is 13.8 Å². The zero-order chi connectivity index (χ0) is 15.7. The van der Waals surface area contributed by atoms with Gasteiger partial charge in [-0.05, 0) is 5.92 Å². The molecule has 0 aliphatic heterocycles. The average Bonchev–Trinajstić information content (AvgIpc) is 2.49. The van der Waals surface area contributed by atoms with Gasteiger partial charge in [-0.3, -0.25) is 14.6 Å². The van der Waals surface area contributed by atoms with E-state index in [0.717, 1.165) is 0 Å². The Hall–Kier alpha value is -2.22. The summed E-state index contributed by atoms with van der Waals surface area (Å²) in [7, 11) is 0. The third-order valence-electron chi connectivity index (χ3n) is 2.76. The maximum Gasteiger partial charge on any atom is 0.239 e. The van der Waals surface area contributed by atoms with Crippen molar-refractivity contribution in [3.05, 3.63) is 18.6 Å². The number of hydrogen-bond donors (Lipinski definition) is 4. The van der Waals surface area contributed by atoms with E-state index < -0.39 is 6.04 Å². The molecule has 0 spiro atoms. The first kappa shape index (κ1) is 16.8. The minimum absolute atomic E-state index is 0.0317. The van der Waals surface area contributed by atoms with Crippen molar-refractivity contribution in [3.63, 3.8) is 0 Å². The van der Waals surface area contributed by atoms with E-state index in [9.17, 15) is 9.59 Å². The first-order chi connectivity index (χ1) is 10.0. The molecule has 5 N–H and O–H groups in total. The molecule has 0 bridgehead atoms. The predicted molar refractivity (Wildman–Crippen MR) is 79.4 cm³/mol. The summed E-state index contributed by atoms with van der Waals surface area (Å²) in [6, 6.07) is -0.601. The van der Waals surface area contributed by atoms with Crippen LogP contribution in [0.5, 0.6) is 0 Å². The van der Waals surface area contributed by atoms with Crippen LogP contribution in [0.25, 0.3) is 0 Å². The molecule has 0 aromatic carbocycles. The zero-order valence-electron chi connectivity index (χ0n) is 12.3. The second-order valence-electron chi connectivity index (χ2n) is 4.85. The van der Waals surface area contributed by atoms with Gasteiger partial charge in [0.15, 0.2) is 0 Å². The molecule has 1 aromatic heterocycles. The summed E-state index contributed by atoms with van der Waals surface area (Å²) in [6.07, 6.45) is 4.75. The van der Waals surface area contributed by atoms with Gasteiger partial charge in [0.1, 0.15) is 5.82 Å². The number of nitrogens with zero attached hydrogens (tertiary/aromatic N) is 2. The van der Waals surface area contributed by atoms with E-state index in [-0.39, 0.29) is 24.3 Å². The molecular weight excluding hydrogens is 272 g/mol. The van der Waals surface area contributed by atoms with Crippen molar-refractivity contribution in [2.45, 2.75) is 19.9 Å². The standard InChI is InChI=1S/C13H22N6O2/c1-9(2)12(14)13(21)19-8-11(20)18-6-5-17-10-7-15-3-4-16-10/h3-4,7,9,12H,5-6,8,14H2,1-2H3,(H,16,17)(H,18,20)(H,19,21)/t12-/m0/s1. The van der Waals surface area contributed by atoms with Gasteiger partial charge in [0.05, 0.1) is 18.8 Å². The van der Waals surface area contributed by atoms with Gasteiger partial charge in [-0.2, -0.15) is 0 Å². The largest absolute Gasteiger partial charge is 0.367 e. The number of hydrogen-bond acceptors (Lipinski definition) is 6. The van der Waals surface area contributed by atoms with Crippen LogP contribution >= 0.6 is 0 Å². The highest BCUT2D eigenvalue weighted by molar-refractivity contribution is 5.87. The van der Waals surface area contributed by atoms with E-state index in [1.54, 1.807) is 18.6 Å². The van der Waals surface area contributed by atoms with Crippen LogP contribution in [-0.4, -0.2) is 47.5 Å². The fourth-order valence-corrected chi connectivity index (χ4v) is 1.43. The molecule has 8 heteroatoms. The van der Waals surface area contributed by atoms with Gasteiger partial charge in [0, 0.05) is 25.5 Å². The summed E-state index contributed by atoms with van der Waals surface area (Å²) in [5.74, 6) is 0.0882. The monoisotopic (exact) mass is 294 g/mol. The predicted octanol–water partition coefficient (Wildman–Crippen LogP) is -0.896. The summed E-state index contributed by atoms with van der Waals surface area (Å²) in [5, 5.41) is 8.18. The van der Waals surface area contributed by atoms with Crippen molar-refractivity contribution in [2.75, 3.05) is 25.0 Å². The molecule has 0 aliphatic rings. The molecule has 0 fully saturated rings. The molecule has 0 aliphatic carbocycles. The fourth-order valence-electron chi connectivity index (χ4n) is 1.43. The Bertz CT molecular complexity index is 451. The lowest BCUT2D eigenvalue weighted by Crippen LogP contribution is -2.47. The van der Waals surface area contributed by atoms with Crippen LogP contribution in [0.2, 0.25) is 0 Å².